The Hall–Kier alpha value is -1.36. The van der Waals surface area contributed by atoms with Crippen molar-refractivity contribution in [1.82, 2.24) is 5.32 Å². The summed E-state index contributed by atoms with van der Waals surface area (Å²) in [4.78, 5) is 25.0. The van der Waals surface area contributed by atoms with Gasteiger partial charge in [0.1, 0.15) is 0 Å². The number of aryl methyl sites for hydroxylation is 2. The molecular weight excluding hydrogens is 238 g/mol. The standard InChI is InChI=1S/C12H17NO3S/c1-7(5-11(14)16-4)13-12(15)10-6-8(2)17-9(10)3/h6-7H,5H2,1-4H3,(H,13,15). The minimum atomic E-state index is -0.323. The molecule has 0 radical (unpaired) electrons. The molecule has 0 aromatic carbocycles. The molecule has 1 amide bonds. The first kappa shape index (κ1) is 13.7. The summed E-state index contributed by atoms with van der Waals surface area (Å²) in [6.07, 6.45) is 0.185. The van der Waals surface area contributed by atoms with Crippen molar-refractivity contribution in [1.29, 1.82) is 0 Å². The van der Waals surface area contributed by atoms with Crippen LogP contribution in [0.4, 0.5) is 0 Å². The molecule has 1 aromatic rings. The zero-order valence-electron chi connectivity index (χ0n) is 10.5. The van der Waals surface area contributed by atoms with E-state index in [2.05, 4.69) is 10.1 Å². The molecule has 1 unspecified atom stereocenters. The molecule has 1 atom stereocenters. The number of carbonyl (C=O) groups is 2. The third-order valence-electron chi connectivity index (χ3n) is 2.36. The van der Waals surface area contributed by atoms with E-state index in [1.807, 2.05) is 19.9 Å². The maximum atomic E-state index is 11.9. The van der Waals surface area contributed by atoms with Crippen LogP contribution in [0.1, 0.15) is 33.5 Å². The molecular formula is C12H17NO3S. The minimum absolute atomic E-state index is 0.136. The lowest BCUT2D eigenvalue weighted by atomic mass is 10.2. The molecule has 17 heavy (non-hydrogen) atoms. The van der Waals surface area contributed by atoms with Crippen LogP contribution >= 0.6 is 11.3 Å². The summed E-state index contributed by atoms with van der Waals surface area (Å²) in [5.41, 5.74) is 0.684. The maximum Gasteiger partial charge on any atom is 0.307 e. The average molecular weight is 255 g/mol. The van der Waals surface area contributed by atoms with Gasteiger partial charge in [-0.05, 0) is 26.8 Å². The van der Waals surface area contributed by atoms with Gasteiger partial charge in [-0.2, -0.15) is 0 Å². The second-order valence-corrected chi connectivity index (χ2v) is 5.44. The fraction of sp³-hybridized carbons (Fsp3) is 0.500. The Bertz CT molecular complexity index is 425. The van der Waals surface area contributed by atoms with Crippen molar-refractivity contribution in [2.45, 2.75) is 33.2 Å². The summed E-state index contributed by atoms with van der Waals surface area (Å²) in [6, 6.07) is 1.63. The van der Waals surface area contributed by atoms with Gasteiger partial charge in [-0.15, -0.1) is 11.3 Å². The number of hydrogen-bond acceptors (Lipinski definition) is 4. The van der Waals surface area contributed by atoms with E-state index in [9.17, 15) is 9.59 Å². The van der Waals surface area contributed by atoms with Gasteiger partial charge in [-0.1, -0.05) is 0 Å². The average Bonchev–Trinajstić information content (AvgIpc) is 2.57. The highest BCUT2D eigenvalue weighted by Gasteiger charge is 2.16. The maximum absolute atomic E-state index is 11.9. The predicted molar refractivity (Wildman–Crippen MR) is 67.4 cm³/mol. The van der Waals surface area contributed by atoms with E-state index in [1.54, 1.807) is 18.3 Å². The number of amides is 1. The Morgan fingerprint density at radius 1 is 1.47 bits per heavy atom. The zero-order chi connectivity index (χ0) is 13.0. The number of hydrogen-bond donors (Lipinski definition) is 1. The number of esters is 1. The highest BCUT2D eigenvalue weighted by Crippen LogP contribution is 2.20. The molecule has 0 spiro atoms. The molecule has 0 fully saturated rings. The van der Waals surface area contributed by atoms with Crippen molar-refractivity contribution in [3.05, 3.63) is 21.4 Å². The SMILES string of the molecule is COC(=O)CC(C)NC(=O)c1cc(C)sc1C. The van der Waals surface area contributed by atoms with E-state index in [0.717, 1.165) is 9.75 Å². The number of carbonyl (C=O) groups excluding carboxylic acids is 2. The molecule has 0 bridgehead atoms. The number of rotatable bonds is 4. The van der Waals surface area contributed by atoms with E-state index in [-0.39, 0.29) is 24.3 Å². The van der Waals surface area contributed by atoms with E-state index < -0.39 is 0 Å². The Morgan fingerprint density at radius 3 is 2.59 bits per heavy atom. The van der Waals surface area contributed by atoms with Crippen molar-refractivity contribution < 1.29 is 14.3 Å². The highest BCUT2D eigenvalue weighted by molar-refractivity contribution is 7.12. The molecule has 1 heterocycles. The van der Waals surface area contributed by atoms with Crippen molar-refractivity contribution in [2.24, 2.45) is 0 Å². The van der Waals surface area contributed by atoms with Gasteiger partial charge in [0, 0.05) is 15.8 Å². The fourth-order valence-electron chi connectivity index (χ4n) is 1.54. The first-order valence-corrected chi connectivity index (χ1v) is 6.20. The summed E-state index contributed by atoms with van der Waals surface area (Å²) in [5.74, 6) is -0.459. The van der Waals surface area contributed by atoms with Gasteiger partial charge in [0.05, 0.1) is 19.1 Å². The Morgan fingerprint density at radius 2 is 2.12 bits per heavy atom. The van der Waals surface area contributed by atoms with Crippen LogP contribution in [0.15, 0.2) is 6.07 Å². The summed E-state index contributed by atoms with van der Waals surface area (Å²) in [7, 11) is 1.34. The van der Waals surface area contributed by atoms with Crippen molar-refractivity contribution >= 4 is 23.2 Å². The quantitative estimate of drug-likeness (QED) is 0.838. The summed E-state index contributed by atoms with van der Waals surface area (Å²) in [5, 5.41) is 2.78. The summed E-state index contributed by atoms with van der Waals surface area (Å²) < 4.78 is 4.55. The van der Waals surface area contributed by atoms with Gasteiger partial charge in [0.15, 0.2) is 0 Å². The van der Waals surface area contributed by atoms with Gasteiger partial charge < -0.3 is 10.1 Å². The van der Waals surface area contributed by atoms with Crippen LogP contribution in [-0.4, -0.2) is 25.0 Å². The van der Waals surface area contributed by atoms with Crippen LogP contribution in [-0.2, 0) is 9.53 Å². The molecule has 1 rings (SSSR count). The van der Waals surface area contributed by atoms with E-state index in [4.69, 9.17) is 0 Å². The molecule has 1 N–H and O–H groups in total. The number of ether oxygens (including phenoxy) is 1. The molecule has 4 nitrogen and oxygen atoms in total. The van der Waals surface area contributed by atoms with Crippen LogP contribution in [0, 0.1) is 13.8 Å². The monoisotopic (exact) mass is 255 g/mol. The summed E-state index contributed by atoms with van der Waals surface area (Å²) >= 11 is 1.59. The van der Waals surface area contributed by atoms with E-state index in [0.29, 0.717) is 5.56 Å². The van der Waals surface area contributed by atoms with E-state index >= 15 is 0 Å². The molecule has 1 aromatic heterocycles. The van der Waals surface area contributed by atoms with E-state index in [1.165, 1.54) is 7.11 Å². The first-order valence-electron chi connectivity index (χ1n) is 5.38. The number of thiophene rings is 1. The third kappa shape index (κ3) is 3.85. The number of nitrogens with one attached hydrogen (secondary N) is 1. The molecule has 0 saturated heterocycles. The molecule has 0 aliphatic rings. The second kappa shape index (κ2) is 5.82. The lowest BCUT2D eigenvalue weighted by Gasteiger charge is -2.12. The molecule has 0 saturated carbocycles. The van der Waals surface area contributed by atoms with Gasteiger partial charge in [-0.3, -0.25) is 9.59 Å². The molecule has 0 aliphatic carbocycles. The second-order valence-electron chi connectivity index (χ2n) is 3.98. The third-order valence-corrected chi connectivity index (χ3v) is 3.33. The molecule has 0 aliphatic heterocycles. The lowest BCUT2D eigenvalue weighted by molar-refractivity contribution is -0.141. The topological polar surface area (TPSA) is 55.4 Å². The normalized spacial score (nSPS) is 12.0. The van der Waals surface area contributed by atoms with Gasteiger partial charge in [-0.25, -0.2) is 0 Å². The van der Waals surface area contributed by atoms with Crippen molar-refractivity contribution in [3.63, 3.8) is 0 Å². The molecule has 94 valence electrons. The molecule has 5 heteroatoms. The van der Waals surface area contributed by atoms with Crippen LogP contribution in [0.5, 0.6) is 0 Å². The lowest BCUT2D eigenvalue weighted by Crippen LogP contribution is -2.34. The van der Waals surface area contributed by atoms with Gasteiger partial charge in [0.25, 0.3) is 5.91 Å². The Balaban J connectivity index is 2.60. The van der Waals surface area contributed by atoms with Crippen LogP contribution < -0.4 is 5.32 Å². The Labute approximate surface area is 105 Å². The first-order chi connectivity index (χ1) is 7.93. The van der Waals surface area contributed by atoms with Crippen LogP contribution in [0.3, 0.4) is 0 Å². The van der Waals surface area contributed by atoms with Gasteiger partial charge in [0.2, 0.25) is 0 Å². The van der Waals surface area contributed by atoms with Crippen LogP contribution in [0.2, 0.25) is 0 Å². The minimum Gasteiger partial charge on any atom is -0.469 e. The van der Waals surface area contributed by atoms with Crippen molar-refractivity contribution in [2.75, 3.05) is 7.11 Å². The Kier molecular flexibility index (Phi) is 4.69. The highest BCUT2D eigenvalue weighted by atomic mass is 32.1. The zero-order valence-corrected chi connectivity index (χ0v) is 11.3. The van der Waals surface area contributed by atoms with Crippen molar-refractivity contribution in [3.8, 4) is 0 Å². The number of methoxy groups -OCH3 is 1. The largest absolute Gasteiger partial charge is 0.469 e. The smallest absolute Gasteiger partial charge is 0.307 e. The summed E-state index contributed by atoms with van der Waals surface area (Å²) in [6.45, 7) is 5.66. The van der Waals surface area contributed by atoms with Gasteiger partial charge >= 0.3 is 5.97 Å². The van der Waals surface area contributed by atoms with Crippen LogP contribution in [0.25, 0.3) is 0 Å². The predicted octanol–water partition coefficient (Wildman–Crippen LogP) is 2.05. The fourth-order valence-corrected chi connectivity index (χ4v) is 2.46.